The largest absolute Gasteiger partial charge is 0.416 e. The predicted octanol–water partition coefficient (Wildman–Crippen LogP) is 2.05. The molecule has 0 amide bonds. The van der Waals surface area contributed by atoms with Gasteiger partial charge in [0.05, 0.1) is 5.56 Å². The summed E-state index contributed by atoms with van der Waals surface area (Å²) in [6, 6.07) is 5.14. The molecule has 0 radical (unpaired) electrons. The van der Waals surface area contributed by atoms with Gasteiger partial charge in [-0.2, -0.15) is 13.2 Å². The van der Waals surface area contributed by atoms with E-state index in [-0.39, 0.29) is 0 Å². The van der Waals surface area contributed by atoms with E-state index < -0.39 is 11.7 Å². The van der Waals surface area contributed by atoms with E-state index in [1.54, 1.807) is 7.05 Å². The van der Waals surface area contributed by atoms with Crippen molar-refractivity contribution in [2.24, 2.45) is 5.84 Å². The molecule has 1 rings (SSSR count). The summed E-state index contributed by atoms with van der Waals surface area (Å²) >= 11 is 0. The van der Waals surface area contributed by atoms with Crippen LogP contribution < -0.4 is 5.84 Å². The average Bonchev–Trinajstić information content (AvgIpc) is 2.14. The van der Waals surface area contributed by atoms with Crippen molar-refractivity contribution in [3.8, 4) is 0 Å². The van der Waals surface area contributed by atoms with Crippen LogP contribution in [0.4, 0.5) is 13.2 Å². The van der Waals surface area contributed by atoms with Crippen LogP contribution in [0.2, 0.25) is 0 Å². The number of nitrogens with zero attached hydrogens (tertiary/aromatic N) is 1. The molecule has 0 saturated carbocycles. The lowest BCUT2D eigenvalue weighted by atomic mass is 10.1. The first-order chi connectivity index (χ1) is 6.89. The van der Waals surface area contributed by atoms with Crippen LogP contribution in [0.3, 0.4) is 0 Å². The summed E-state index contributed by atoms with van der Waals surface area (Å²) in [5.41, 5.74) is 0.229. The quantitative estimate of drug-likeness (QED) is 0.621. The van der Waals surface area contributed by atoms with Crippen molar-refractivity contribution in [3.63, 3.8) is 0 Å². The first-order valence-electron chi connectivity index (χ1n) is 4.51. The van der Waals surface area contributed by atoms with Crippen molar-refractivity contribution in [3.05, 3.63) is 35.4 Å². The summed E-state index contributed by atoms with van der Waals surface area (Å²) in [6.45, 7) is 0.616. The van der Waals surface area contributed by atoms with Crippen LogP contribution in [-0.2, 0) is 12.6 Å². The van der Waals surface area contributed by atoms with Crippen molar-refractivity contribution in [1.29, 1.82) is 0 Å². The highest BCUT2D eigenvalue weighted by Crippen LogP contribution is 2.29. The normalized spacial score (nSPS) is 12.1. The minimum Gasteiger partial charge on any atom is -0.269 e. The van der Waals surface area contributed by atoms with Gasteiger partial charge in [-0.15, -0.1) is 0 Å². The Balaban J connectivity index is 2.65. The van der Waals surface area contributed by atoms with Crippen LogP contribution >= 0.6 is 0 Å². The van der Waals surface area contributed by atoms with Crippen LogP contribution in [0.5, 0.6) is 0 Å². The van der Waals surface area contributed by atoms with E-state index >= 15 is 0 Å². The third kappa shape index (κ3) is 3.89. The topological polar surface area (TPSA) is 29.3 Å². The molecule has 0 aliphatic heterocycles. The van der Waals surface area contributed by atoms with Crippen LogP contribution in [0, 0.1) is 0 Å². The Hall–Kier alpha value is -1.07. The summed E-state index contributed by atoms with van der Waals surface area (Å²) in [4.78, 5) is 0. The second kappa shape index (κ2) is 4.63. The molecular weight excluding hydrogens is 205 g/mol. The Labute approximate surface area is 86.5 Å². The molecular formula is C10H13F3N2. The minimum absolute atomic E-state index is 0.616. The number of benzene rings is 1. The molecule has 0 atom stereocenters. The maximum absolute atomic E-state index is 12.2. The number of likely N-dealkylation sites (N-methyl/N-ethyl adjacent to an activating group) is 1. The average molecular weight is 218 g/mol. The molecule has 0 aliphatic carbocycles. The zero-order valence-electron chi connectivity index (χ0n) is 8.38. The number of alkyl halides is 3. The number of hydrazine groups is 1. The molecule has 2 N–H and O–H groups in total. The molecule has 1 aromatic carbocycles. The fourth-order valence-electron chi connectivity index (χ4n) is 1.17. The first-order valence-corrected chi connectivity index (χ1v) is 4.51. The third-order valence-electron chi connectivity index (χ3n) is 2.03. The van der Waals surface area contributed by atoms with E-state index in [2.05, 4.69) is 0 Å². The smallest absolute Gasteiger partial charge is 0.269 e. The van der Waals surface area contributed by atoms with Gasteiger partial charge in [0.25, 0.3) is 0 Å². The van der Waals surface area contributed by atoms with Gasteiger partial charge in [0, 0.05) is 13.6 Å². The van der Waals surface area contributed by atoms with E-state index in [1.165, 1.54) is 17.1 Å². The monoisotopic (exact) mass is 218 g/mol. The Morgan fingerprint density at radius 3 is 2.13 bits per heavy atom. The van der Waals surface area contributed by atoms with Crippen molar-refractivity contribution >= 4 is 0 Å². The molecule has 5 heteroatoms. The summed E-state index contributed by atoms with van der Waals surface area (Å²) < 4.78 is 36.6. The van der Waals surface area contributed by atoms with E-state index in [0.29, 0.717) is 13.0 Å². The Bertz CT molecular complexity index is 303. The highest BCUT2D eigenvalue weighted by molar-refractivity contribution is 5.24. The molecule has 0 spiro atoms. The van der Waals surface area contributed by atoms with Crippen LogP contribution in [0.25, 0.3) is 0 Å². The highest BCUT2D eigenvalue weighted by Gasteiger charge is 2.29. The van der Waals surface area contributed by atoms with Gasteiger partial charge >= 0.3 is 6.18 Å². The predicted molar refractivity (Wildman–Crippen MR) is 52.0 cm³/mol. The van der Waals surface area contributed by atoms with Crippen molar-refractivity contribution in [2.45, 2.75) is 12.6 Å². The second-order valence-electron chi connectivity index (χ2n) is 3.43. The summed E-state index contributed by atoms with van der Waals surface area (Å²) in [5.74, 6) is 5.39. The van der Waals surface area contributed by atoms with E-state index in [1.807, 2.05) is 0 Å². The molecule has 0 fully saturated rings. The number of hydrogen-bond donors (Lipinski definition) is 1. The van der Waals surface area contributed by atoms with Gasteiger partial charge in [0.15, 0.2) is 0 Å². The maximum Gasteiger partial charge on any atom is 0.416 e. The van der Waals surface area contributed by atoms with Crippen LogP contribution in [0.15, 0.2) is 24.3 Å². The van der Waals surface area contributed by atoms with Crippen LogP contribution in [-0.4, -0.2) is 18.6 Å². The Morgan fingerprint density at radius 2 is 1.73 bits per heavy atom. The molecule has 0 heterocycles. The minimum atomic E-state index is -4.26. The molecule has 0 unspecified atom stereocenters. The van der Waals surface area contributed by atoms with Gasteiger partial charge < -0.3 is 0 Å². The van der Waals surface area contributed by atoms with Gasteiger partial charge in [0.1, 0.15) is 0 Å². The molecule has 1 aromatic rings. The van der Waals surface area contributed by atoms with Gasteiger partial charge in [-0.05, 0) is 24.1 Å². The zero-order valence-corrected chi connectivity index (χ0v) is 8.38. The van der Waals surface area contributed by atoms with E-state index in [9.17, 15) is 13.2 Å². The summed E-state index contributed by atoms with van der Waals surface area (Å²) in [7, 11) is 1.71. The second-order valence-corrected chi connectivity index (χ2v) is 3.43. The molecule has 0 aromatic heterocycles. The lowest BCUT2D eigenvalue weighted by Gasteiger charge is -2.10. The number of nitrogens with two attached hydrogens (primary N) is 1. The van der Waals surface area contributed by atoms with Crippen LogP contribution in [0.1, 0.15) is 11.1 Å². The molecule has 2 nitrogen and oxygen atoms in total. The van der Waals surface area contributed by atoms with Crippen molar-refractivity contribution in [1.82, 2.24) is 5.01 Å². The standard InChI is InChI=1S/C10H13F3N2/c1-15(14)7-6-8-2-4-9(5-3-8)10(11,12)13/h2-5H,6-7,14H2,1H3. The maximum atomic E-state index is 12.2. The third-order valence-corrected chi connectivity index (χ3v) is 2.03. The van der Waals surface area contributed by atoms with Gasteiger partial charge in [-0.3, -0.25) is 5.84 Å². The van der Waals surface area contributed by atoms with E-state index in [4.69, 9.17) is 5.84 Å². The fraction of sp³-hybridized carbons (Fsp3) is 0.400. The highest BCUT2D eigenvalue weighted by atomic mass is 19.4. The molecule has 15 heavy (non-hydrogen) atoms. The molecule has 0 bridgehead atoms. The summed E-state index contributed by atoms with van der Waals surface area (Å²) in [5, 5.41) is 1.50. The number of hydrogen-bond acceptors (Lipinski definition) is 2. The molecule has 0 aliphatic rings. The lowest BCUT2D eigenvalue weighted by molar-refractivity contribution is -0.137. The van der Waals surface area contributed by atoms with Gasteiger partial charge in [0.2, 0.25) is 0 Å². The van der Waals surface area contributed by atoms with E-state index in [0.717, 1.165) is 17.7 Å². The SMILES string of the molecule is CN(N)CCc1ccc(C(F)(F)F)cc1. The van der Waals surface area contributed by atoms with Gasteiger partial charge in [-0.1, -0.05) is 12.1 Å². The molecule has 0 saturated heterocycles. The van der Waals surface area contributed by atoms with Crippen molar-refractivity contribution < 1.29 is 13.2 Å². The molecule has 84 valence electrons. The van der Waals surface area contributed by atoms with Crippen molar-refractivity contribution in [2.75, 3.05) is 13.6 Å². The van der Waals surface area contributed by atoms with Gasteiger partial charge in [-0.25, -0.2) is 5.01 Å². The summed E-state index contributed by atoms with van der Waals surface area (Å²) in [6.07, 6.45) is -3.62. The number of rotatable bonds is 3. The number of halogens is 3. The lowest BCUT2D eigenvalue weighted by Crippen LogP contribution is -2.28. The zero-order chi connectivity index (χ0) is 11.5. The Kier molecular flexibility index (Phi) is 3.71. The Morgan fingerprint density at radius 1 is 1.20 bits per heavy atom. The fourth-order valence-corrected chi connectivity index (χ4v) is 1.17. The first kappa shape index (κ1) is 12.0.